The van der Waals surface area contributed by atoms with E-state index >= 15 is 0 Å². The minimum Gasteiger partial charge on any atom is -0.487 e. The van der Waals surface area contributed by atoms with Crippen LogP contribution in [0.5, 0.6) is 5.75 Å². The molecule has 1 aliphatic rings. The lowest BCUT2D eigenvalue weighted by Gasteiger charge is -2.23. The normalized spacial score (nSPS) is 17.5. The van der Waals surface area contributed by atoms with Crippen molar-refractivity contribution >= 4 is 5.97 Å². The highest BCUT2D eigenvalue weighted by atomic mass is 16.6. The first-order valence-corrected chi connectivity index (χ1v) is 8.76. The molecule has 132 valence electrons. The Kier molecular flexibility index (Phi) is 5.38. The molecule has 1 fully saturated rings. The van der Waals surface area contributed by atoms with Gasteiger partial charge in [-0.05, 0) is 41.8 Å². The van der Waals surface area contributed by atoms with Gasteiger partial charge in [0.25, 0.3) is 0 Å². The molecule has 1 saturated heterocycles. The minimum atomic E-state index is -0.323. The van der Waals surface area contributed by atoms with Crippen molar-refractivity contribution < 1.29 is 14.3 Å². The highest BCUT2D eigenvalue weighted by molar-refractivity contribution is 5.90. The van der Waals surface area contributed by atoms with Gasteiger partial charge in [-0.25, -0.2) is 4.79 Å². The van der Waals surface area contributed by atoms with Gasteiger partial charge >= 0.3 is 5.97 Å². The lowest BCUT2D eigenvalue weighted by molar-refractivity contribution is -0.142. The van der Waals surface area contributed by atoms with Crippen molar-refractivity contribution in [1.29, 1.82) is 5.26 Å². The van der Waals surface area contributed by atoms with Crippen LogP contribution in [0.4, 0.5) is 0 Å². The van der Waals surface area contributed by atoms with Gasteiger partial charge in [-0.1, -0.05) is 44.2 Å². The Hall–Kier alpha value is -3.06. The van der Waals surface area contributed by atoms with Gasteiger partial charge in [-0.2, -0.15) is 5.26 Å². The van der Waals surface area contributed by atoms with Gasteiger partial charge < -0.3 is 9.47 Å². The molecule has 2 aromatic rings. The minimum absolute atomic E-state index is 0.177. The van der Waals surface area contributed by atoms with Gasteiger partial charge in [-0.3, -0.25) is 0 Å². The van der Waals surface area contributed by atoms with Crippen LogP contribution in [0.25, 0.3) is 11.1 Å². The average Bonchev–Trinajstić information content (AvgIpc) is 3.01. The first-order chi connectivity index (χ1) is 12.6. The lowest BCUT2D eigenvalue weighted by atomic mass is 10.0. The predicted molar refractivity (Wildman–Crippen MR) is 99.6 cm³/mol. The van der Waals surface area contributed by atoms with E-state index in [4.69, 9.17) is 14.7 Å². The van der Waals surface area contributed by atoms with Crippen molar-refractivity contribution in [2.45, 2.75) is 38.4 Å². The molecule has 0 bridgehead atoms. The highest BCUT2D eigenvalue weighted by Gasteiger charge is 2.34. The molecule has 26 heavy (non-hydrogen) atoms. The predicted octanol–water partition coefficient (Wildman–Crippen LogP) is 4.64. The molecular weight excluding hydrogens is 326 g/mol. The van der Waals surface area contributed by atoms with Crippen LogP contribution in [0, 0.1) is 11.3 Å². The van der Waals surface area contributed by atoms with Crippen molar-refractivity contribution in [3.63, 3.8) is 0 Å². The Morgan fingerprint density at radius 3 is 2.31 bits per heavy atom. The van der Waals surface area contributed by atoms with E-state index in [1.54, 1.807) is 12.1 Å². The summed E-state index contributed by atoms with van der Waals surface area (Å²) in [6.07, 6.45) is 1.82. The molecule has 3 rings (SSSR count). The second kappa shape index (κ2) is 7.88. The highest BCUT2D eigenvalue weighted by Crippen LogP contribution is 2.28. The number of rotatable bonds is 6. The zero-order valence-electron chi connectivity index (χ0n) is 14.8. The summed E-state index contributed by atoms with van der Waals surface area (Å²) in [7, 11) is 0. The molecule has 1 heterocycles. The number of ether oxygens (including phenoxy) is 2. The fourth-order valence-corrected chi connectivity index (χ4v) is 3.04. The summed E-state index contributed by atoms with van der Waals surface area (Å²) in [5.74, 6) is 0.422. The molecule has 2 unspecified atom stereocenters. The van der Waals surface area contributed by atoms with Gasteiger partial charge in [0, 0.05) is 12.0 Å². The van der Waals surface area contributed by atoms with E-state index in [1.807, 2.05) is 36.4 Å². The van der Waals surface area contributed by atoms with E-state index in [0.29, 0.717) is 17.6 Å². The Bertz CT molecular complexity index is 815. The van der Waals surface area contributed by atoms with Crippen LogP contribution in [0.15, 0.2) is 60.7 Å². The van der Waals surface area contributed by atoms with Crippen molar-refractivity contribution in [2.75, 3.05) is 0 Å². The van der Waals surface area contributed by atoms with Crippen LogP contribution in [0.2, 0.25) is 0 Å². The summed E-state index contributed by atoms with van der Waals surface area (Å²) < 4.78 is 11.5. The van der Waals surface area contributed by atoms with Gasteiger partial charge in [0.2, 0.25) is 0 Å². The Morgan fingerprint density at radius 2 is 1.81 bits per heavy atom. The number of esters is 1. The Balaban J connectivity index is 1.71. The molecule has 0 aliphatic carbocycles. The molecule has 2 atom stereocenters. The number of hydrogen-bond donors (Lipinski definition) is 0. The maximum atomic E-state index is 11.6. The monoisotopic (exact) mass is 347 g/mol. The van der Waals surface area contributed by atoms with Crippen LogP contribution in [0.3, 0.4) is 0 Å². The number of benzene rings is 2. The molecule has 4 nitrogen and oxygen atoms in total. The van der Waals surface area contributed by atoms with Crippen LogP contribution in [-0.4, -0.2) is 18.2 Å². The molecular formula is C22H21NO3. The second-order valence-corrected chi connectivity index (χ2v) is 6.41. The first-order valence-electron chi connectivity index (χ1n) is 8.76. The zero-order valence-corrected chi connectivity index (χ0v) is 14.8. The number of carbonyl (C=O) groups is 1. The third kappa shape index (κ3) is 3.94. The molecule has 0 spiro atoms. The van der Waals surface area contributed by atoms with Crippen LogP contribution in [-0.2, 0) is 9.53 Å². The van der Waals surface area contributed by atoms with E-state index < -0.39 is 0 Å². The topological polar surface area (TPSA) is 59.3 Å². The number of cyclic esters (lactones) is 1. The van der Waals surface area contributed by atoms with Crippen LogP contribution < -0.4 is 4.74 Å². The molecule has 2 aromatic carbocycles. The van der Waals surface area contributed by atoms with Crippen LogP contribution in [0.1, 0.15) is 31.7 Å². The van der Waals surface area contributed by atoms with Crippen molar-refractivity contribution in [3.05, 3.63) is 66.2 Å². The fraction of sp³-hybridized carbons (Fsp3) is 0.273. The quantitative estimate of drug-likeness (QED) is 0.564. The number of nitrogens with zero attached hydrogens (tertiary/aromatic N) is 1. The third-order valence-corrected chi connectivity index (χ3v) is 4.47. The number of hydrogen-bond acceptors (Lipinski definition) is 4. The van der Waals surface area contributed by atoms with Crippen molar-refractivity contribution in [3.8, 4) is 22.9 Å². The lowest BCUT2D eigenvalue weighted by Crippen LogP contribution is -2.31. The smallest absolute Gasteiger partial charge is 0.333 e. The maximum absolute atomic E-state index is 11.6. The van der Waals surface area contributed by atoms with Crippen molar-refractivity contribution in [2.24, 2.45) is 0 Å². The fourth-order valence-electron chi connectivity index (χ4n) is 3.04. The SMILES string of the molecule is C=C1CC(C(CCC)Oc2ccc(-c3ccc(C#N)cc3)cc2)OC1=O. The molecule has 0 amide bonds. The number of nitriles is 1. The summed E-state index contributed by atoms with van der Waals surface area (Å²) >= 11 is 0. The summed E-state index contributed by atoms with van der Waals surface area (Å²) in [6.45, 7) is 5.82. The van der Waals surface area contributed by atoms with E-state index in [0.717, 1.165) is 29.7 Å². The Morgan fingerprint density at radius 1 is 1.19 bits per heavy atom. The summed E-state index contributed by atoms with van der Waals surface area (Å²) in [6, 6.07) is 17.4. The first kappa shape index (κ1) is 17.8. The van der Waals surface area contributed by atoms with Gasteiger partial charge in [0.05, 0.1) is 11.6 Å². The van der Waals surface area contributed by atoms with E-state index in [9.17, 15) is 4.79 Å². The van der Waals surface area contributed by atoms with Gasteiger partial charge in [-0.15, -0.1) is 0 Å². The van der Waals surface area contributed by atoms with Gasteiger partial charge in [0.1, 0.15) is 18.0 Å². The van der Waals surface area contributed by atoms with E-state index in [2.05, 4.69) is 19.6 Å². The summed E-state index contributed by atoms with van der Waals surface area (Å²) in [5.41, 5.74) is 3.25. The second-order valence-electron chi connectivity index (χ2n) is 6.41. The average molecular weight is 347 g/mol. The third-order valence-electron chi connectivity index (χ3n) is 4.47. The molecule has 0 aromatic heterocycles. The van der Waals surface area contributed by atoms with Crippen molar-refractivity contribution in [1.82, 2.24) is 0 Å². The maximum Gasteiger partial charge on any atom is 0.333 e. The standard InChI is InChI=1S/C22H21NO3/c1-3-4-20(21-13-15(2)22(24)26-21)25-19-11-9-18(10-12-19)17-7-5-16(14-23)6-8-17/h5-12,20-21H,2-4,13H2,1H3. The molecule has 0 N–H and O–H groups in total. The largest absolute Gasteiger partial charge is 0.487 e. The van der Waals surface area contributed by atoms with E-state index in [1.165, 1.54) is 0 Å². The molecule has 0 radical (unpaired) electrons. The van der Waals surface area contributed by atoms with Crippen LogP contribution >= 0.6 is 0 Å². The number of carbonyl (C=O) groups excluding carboxylic acids is 1. The zero-order chi connectivity index (χ0) is 18.5. The summed E-state index contributed by atoms with van der Waals surface area (Å²) in [5, 5.41) is 8.88. The Labute approximate surface area is 153 Å². The molecule has 4 heteroatoms. The summed E-state index contributed by atoms with van der Waals surface area (Å²) in [4.78, 5) is 11.6. The molecule has 0 saturated carbocycles. The molecule has 1 aliphatic heterocycles. The van der Waals surface area contributed by atoms with E-state index in [-0.39, 0.29) is 18.2 Å². The van der Waals surface area contributed by atoms with Gasteiger partial charge in [0.15, 0.2) is 0 Å².